The second-order valence-electron chi connectivity index (χ2n) is 8.80. The molecule has 2 aliphatic heterocycles. The van der Waals surface area contributed by atoms with Crippen molar-refractivity contribution in [1.29, 1.82) is 0 Å². The van der Waals surface area contributed by atoms with Crippen LogP contribution in [0.25, 0.3) is 0 Å². The van der Waals surface area contributed by atoms with Gasteiger partial charge in [0, 0.05) is 31.7 Å². The zero-order chi connectivity index (χ0) is 25.7. The molecule has 1 fully saturated rings. The van der Waals surface area contributed by atoms with Crippen LogP contribution < -0.4 is 19.7 Å². The summed E-state index contributed by atoms with van der Waals surface area (Å²) in [5.41, 5.74) is 1.39. The maximum atomic E-state index is 14.0. The predicted octanol–water partition coefficient (Wildman–Crippen LogP) is 1.96. The van der Waals surface area contributed by atoms with E-state index < -0.39 is 17.6 Å². The van der Waals surface area contributed by atoms with E-state index in [9.17, 15) is 18.8 Å². The number of hydrogen-bond donors (Lipinski definition) is 1. The Morgan fingerprint density at radius 1 is 1.17 bits per heavy atom. The smallest absolute Gasteiger partial charge is 0.265 e. The van der Waals surface area contributed by atoms with Gasteiger partial charge in [0.15, 0.2) is 30.6 Å². The van der Waals surface area contributed by atoms with E-state index in [1.807, 2.05) is 0 Å². The lowest BCUT2D eigenvalue weighted by atomic mass is 10.1. The highest BCUT2D eigenvalue weighted by Gasteiger charge is 2.33. The van der Waals surface area contributed by atoms with Gasteiger partial charge in [-0.25, -0.2) is 4.39 Å². The average Bonchev–Trinajstić information content (AvgIpc) is 2.88. The van der Waals surface area contributed by atoms with E-state index in [2.05, 4.69) is 10.2 Å². The van der Waals surface area contributed by atoms with E-state index in [-0.39, 0.29) is 36.3 Å². The summed E-state index contributed by atoms with van der Waals surface area (Å²) in [6.45, 7) is 6.96. The lowest BCUT2D eigenvalue weighted by Gasteiger charge is -2.34. The second kappa shape index (κ2) is 11.5. The molecular weight excluding hydrogens is 469 g/mol. The van der Waals surface area contributed by atoms with Crippen LogP contribution in [-0.4, -0.2) is 81.1 Å². The molecule has 36 heavy (non-hydrogen) atoms. The number of carbonyl (C=O) groups excluding carboxylic acids is 3. The van der Waals surface area contributed by atoms with Crippen molar-refractivity contribution in [1.82, 2.24) is 10.2 Å². The first-order valence-corrected chi connectivity index (χ1v) is 11.9. The highest BCUT2D eigenvalue weighted by Crippen LogP contribution is 2.34. The van der Waals surface area contributed by atoms with Crippen molar-refractivity contribution >= 4 is 23.3 Å². The van der Waals surface area contributed by atoms with Crippen LogP contribution in [0.5, 0.6) is 11.5 Å². The van der Waals surface area contributed by atoms with Crippen LogP contribution in [0.2, 0.25) is 0 Å². The van der Waals surface area contributed by atoms with Crippen molar-refractivity contribution in [3.05, 3.63) is 53.3 Å². The van der Waals surface area contributed by atoms with E-state index in [1.54, 1.807) is 32.0 Å². The number of benzene rings is 2. The minimum Gasteiger partial charge on any atom is -0.482 e. The minimum atomic E-state index is -0.812. The second-order valence-corrected chi connectivity index (χ2v) is 8.80. The van der Waals surface area contributed by atoms with Gasteiger partial charge >= 0.3 is 0 Å². The van der Waals surface area contributed by atoms with Crippen LogP contribution in [0.15, 0.2) is 36.4 Å². The van der Waals surface area contributed by atoms with Gasteiger partial charge in [-0.05, 0) is 49.7 Å². The van der Waals surface area contributed by atoms with E-state index in [4.69, 9.17) is 14.2 Å². The first-order chi connectivity index (χ1) is 17.3. The summed E-state index contributed by atoms with van der Waals surface area (Å²) < 4.78 is 30.2. The molecule has 192 valence electrons. The number of morpholine rings is 1. The molecule has 0 spiro atoms. The molecule has 0 aromatic heterocycles. The molecule has 1 unspecified atom stereocenters. The lowest BCUT2D eigenvalue weighted by molar-refractivity contribution is -0.127. The third-order valence-corrected chi connectivity index (χ3v) is 6.20. The van der Waals surface area contributed by atoms with Gasteiger partial charge in [0.2, 0.25) is 5.91 Å². The van der Waals surface area contributed by atoms with Crippen LogP contribution in [0.1, 0.15) is 22.8 Å². The van der Waals surface area contributed by atoms with Gasteiger partial charge in [-0.2, -0.15) is 0 Å². The molecule has 9 nitrogen and oxygen atoms in total. The Morgan fingerprint density at radius 2 is 1.94 bits per heavy atom. The summed E-state index contributed by atoms with van der Waals surface area (Å²) in [7, 11) is 0. The SMILES string of the molecule is Cc1ccc(F)c(OCC(=O)c2ccc3c(c2)N(C(C)C(=O)NCCN2CCOCC2)C(=O)CO3)c1. The molecule has 2 aromatic carbocycles. The average molecular weight is 500 g/mol. The number of halogens is 1. The number of fused-ring (bicyclic) bond motifs is 1. The van der Waals surface area contributed by atoms with E-state index in [0.717, 1.165) is 18.7 Å². The summed E-state index contributed by atoms with van der Waals surface area (Å²) in [5.74, 6) is -1.27. The molecule has 2 amide bonds. The zero-order valence-electron chi connectivity index (χ0n) is 20.4. The number of nitrogens with one attached hydrogen (secondary N) is 1. The number of anilines is 1. The Kier molecular flexibility index (Phi) is 8.17. The quantitative estimate of drug-likeness (QED) is 0.527. The Labute approximate surface area is 209 Å². The van der Waals surface area contributed by atoms with Crippen molar-refractivity contribution < 1.29 is 33.0 Å². The van der Waals surface area contributed by atoms with Crippen LogP contribution in [-0.2, 0) is 14.3 Å². The van der Waals surface area contributed by atoms with Crippen molar-refractivity contribution in [2.24, 2.45) is 0 Å². The molecule has 1 atom stereocenters. The maximum Gasteiger partial charge on any atom is 0.265 e. The van der Waals surface area contributed by atoms with Crippen molar-refractivity contribution in [3.8, 4) is 11.5 Å². The topological polar surface area (TPSA) is 97.4 Å². The van der Waals surface area contributed by atoms with Gasteiger partial charge < -0.3 is 19.5 Å². The summed E-state index contributed by atoms with van der Waals surface area (Å²) in [6, 6.07) is 8.23. The molecule has 2 heterocycles. The van der Waals surface area contributed by atoms with E-state index in [1.165, 1.54) is 23.1 Å². The number of nitrogens with zero attached hydrogens (tertiary/aromatic N) is 2. The van der Waals surface area contributed by atoms with Gasteiger partial charge in [0.1, 0.15) is 11.8 Å². The molecule has 10 heteroatoms. The molecule has 1 saturated heterocycles. The number of aryl methyl sites for hydroxylation is 1. The predicted molar refractivity (Wildman–Crippen MR) is 130 cm³/mol. The maximum absolute atomic E-state index is 14.0. The van der Waals surface area contributed by atoms with Crippen LogP contribution >= 0.6 is 0 Å². The highest BCUT2D eigenvalue weighted by molar-refractivity contribution is 6.05. The summed E-state index contributed by atoms with van der Waals surface area (Å²) in [6.07, 6.45) is 0. The monoisotopic (exact) mass is 499 g/mol. The number of amides is 2. The summed E-state index contributed by atoms with van der Waals surface area (Å²) in [4.78, 5) is 41.9. The van der Waals surface area contributed by atoms with E-state index in [0.29, 0.717) is 37.7 Å². The number of Topliss-reactive ketones (excluding diaryl/α,β-unsaturated/α-hetero) is 1. The third kappa shape index (κ3) is 6.00. The fraction of sp³-hybridized carbons (Fsp3) is 0.423. The molecule has 0 radical (unpaired) electrons. The molecule has 0 saturated carbocycles. The van der Waals surface area contributed by atoms with Crippen LogP contribution in [0.4, 0.5) is 10.1 Å². The lowest BCUT2D eigenvalue weighted by Crippen LogP contribution is -2.52. The van der Waals surface area contributed by atoms with Gasteiger partial charge in [-0.1, -0.05) is 6.07 Å². The Bertz CT molecular complexity index is 1130. The Balaban J connectivity index is 1.43. The Morgan fingerprint density at radius 3 is 2.72 bits per heavy atom. The number of ether oxygens (including phenoxy) is 3. The molecule has 0 aliphatic carbocycles. The normalized spacial score (nSPS) is 16.6. The number of rotatable bonds is 9. The first-order valence-electron chi connectivity index (χ1n) is 11.9. The number of carbonyl (C=O) groups is 3. The summed E-state index contributed by atoms with van der Waals surface area (Å²) in [5, 5.41) is 2.89. The summed E-state index contributed by atoms with van der Waals surface area (Å²) >= 11 is 0. The number of hydrogen-bond acceptors (Lipinski definition) is 7. The largest absolute Gasteiger partial charge is 0.482 e. The van der Waals surface area contributed by atoms with Gasteiger partial charge in [0.05, 0.1) is 18.9 Å². The van der Waals surface area contributed by atoms with Crippen LogP contribution in [0, 0.1) is 12.7 Å². The minimum absolute atomic E-state index is 0.0104. The van der Waals surface area contributed by atoms with Crippen molar-refractivity contribution in [2.45, 2.75) is 19.9 Å². The highest BCUT2D eigenvalue weighted by atomic mass is 19.1. The van der Waals surface area contributed by atoms with Gasteiger partial charge in [-0.3, -0.25) is 24.2 Å². The molecule has 2 aliphatic rings. The molecule has 1 N–H and O–H groups in total. The van der Waals surface area contributed by atoms with Crippen LogP contribution in [0.3, 0.4) is 0 Å². The van der Waals surface area contributed by atoms with Gasteiger partial charge in [-0.15, -0.1) is 0 Å². The Hall–Kier alpha value is -3.50. The molecular formula is C26H30FN3O6. The van der Waals surface area contributed by atoms with E-state index >= 15 is 0 Å². The molecule has 2 aromatic rings. The zero-order valence-corrected chi connectivity index (χ0v) is 20.4. The number of ketones is 1. The van der Waals surface area contributed by atoms with Crippen molar-refractivity contribution in [3.63, 3.8) is 0 Å². The third-order valence-electron chi connectivity index (χ3n) is 6.20. The fourth-order valence-electron chi connectivity index (χ4n) is 4.14. The first kappa shape index (κ1) is 25.6. The molecule has 0 bridgehead atoms. The van der Waals surface area contributed by atoms with Gasteiger partial charge in [0.25, 0.3) is 5.91 Å². The fourth-order valence-corrected chi connectivity index (χ4v) is 4.14. The van der Waals surface area contributed by atoms with Crippen molar-refractivity contribution in [2.75, 3.05) is 57.5 Å². The molecule has 4 rings (SSSR count). The standard InChI is InChI=1S/C26H30FN3O6/c1-17-3-5-20(27)24(13-17)35-15-22(31)19-4-6-23-21(14-19)30(25(32)16-36-23)18(2)26(33)28-7-8-29-9-11-34-12-10-29/h3-6,13-14,18H,7-12,15-16H2,1-2H3,(H,28,33).